The summed E-state index contributed by atoms with van der Waals surface area (Å²) in [6, 6.07) is 7.69. The molecule has 1 aliphatic carbocycles. The summed E-state index contributed by atoms with van der Waals surface area (Å²) in [5, 5.41) is 11.8. The lowest BCUT2D eigenvalue weighted by molar-refractivity contribution is 0.0946. The maximum Gasteiger partial charge on any atom is 0.256 e. The number of fused-ring (bicyclic) bond motifs is 1. The molecular weight excluding hydrogens is 394 g/mol. The van der Waals surface area contributed by atoms with Crippen LogP contribution in [0.25, 0.3) is 0 Å². The zero-order valence-electron chi connectivity index (χ0n) is 15.8. The summed E-state index contributed by atoms with van der Waals surface area (Å²) in [5.74, 6) is 0.203. The van der Waals surface area contributed by atoms with Gasteiger partial charge in [0.05, 0.1) is 5.56 Å². The van der Waals surface area contributed by atoms with Gasteiger partial charge in [-0.15, -0.1) is 23.7 Å². The Morgan fingerprint density at radius 2 is 1.96 bits per heavy atom. The molecule has 2 heterocycles. The molecule has 1 aromatic carbocycles. The van der Waals surface area contributed by atoms with Crippen molar-refractivity contribution in [2.45, 2.75) is 32.1 Å². The summed E-state index contributed by atoms with van der Waals surface area (Å²) in [6.07, 6.45) is 5.59. The van der Waals surface area contributed by atoms with Crippen LogP contribution in [0.3, 0.4) is 0 Å². The summed E-state index contributed by atoms with van der Waals surface area (Å²) >= 11 is 1.38. The quantitative estimate of drug-likeness (QED) is 0.692. The van der Waals surface area contributed by atoms with Gasteiger partial charge in [0.25, 0.3) is 11.8 Å². The molecule has 1 unspecified atom stereocenters. The van der Waals surface area contributed by atoms with E-state index in [0.717, 1.165) is 45.2 Å². The van der Waals surface area contributed by atoms with Crippen LogP contribution in [-0.2, 0) is 12.8 Å². The Morgan fingerprint density at radius 1 is 1.11 bits per heavy atom. The predicted octanol–water partition coefficient (Wildman–Crippen LogP) is 3.64. The number of amides is 2. The van der Waals surface area contributed by atoms with Gasteiger partial charge in [0, 0.05) is 12.1 Å². The molecule has 0 bridgehead atoms. The molecule has 1 atom stereocenters. The number of benzene rings is 1. The molecule has 7 heteroatoms. The smallest absolute Gasteiger partial charge is 0.256 e. The standard InChI is InChI=1S/C21H25N3O2S.ClH/c25-19(17-7-6-15-4-1-5-16(15)11-17)24-21-18(8-10-27-21)20(26)23-13-14-3-2-9-22-12-14;/h6-8,10-11,14,22H,1-5,9,12-13H2,(H,23,26)(H,24,25);1H. The van der Waals surface area contributed by atoms with Crippen LogP contribution in [-0.4, -0.2) is 31.4 Å². The van der Waals surface area contributed by atoms with Crippen molar-refractivity contribution in [2.24, 2.45) is 5.92 Å². The molecule has 0 spiro atoms. The number of carbonyl (C=O) groups excluding carboxylic acids is 2. The van der Waals surface area contributed by atoms with Crippen molar-refractivity contribution in [1.29, 1.82) is 0 Å². The second-order valence-corrected chi connectivity index (χ2v) is 8.29. The number of nitrogens with one attached hydrogen (secondary N) is 3. The van der Waals surface area contributed by atoms with Gasteiger partial charge in [0.2, 0.25) is 0 Å². The van der Waals surface area contributed by atoms with E-state index in [1.54, 1.807) is 6.07 Å². The molecule has 1 aromatic heterocycles. The van der Waals surface area contributed by atoms with Gasteiger partial charge >= 0.3 is 0 Å². The largest absolute Gasteiger partial charge is 0.352 e. The number of piperidine rings is 1. The molecule has 2 aliphatic rings. The first-order valence-electron chi connectivity index (χ1n) is 9.70. The molecule has 2 aromatic rings. The van der Waals surface area contributed by atoms with Crippen LogP contribution < -0.4 is 16.0 Å². The van der Waals surface area contributed by atoms with Gasteiger partial charge in [0.1, 0.15) is 5.00 Å². The fourth-order valence-electron chi connectivity index (χ4n) is 3.90. The minimum Gasteiger partial charge on any atom is -0.352 e. The highest BCUT2D eigenvalue weighted by Crippen LogP contribution is 2.26. The molecule has 28 heavy (non-hydrogen) atoms. The summed E-state index contributed by atoms with van der Waals surface area (Å²) < 4.78 is 0. The highest BCUT2D eigenvalue weighted by molar-refractivity contribution is 7.14. The van der Waals surface area contributed by atoms with Crippen LogP contribution in [0, 0.1) is 5.92 Å². The van der Waals surface area contributed by atoms with Crippen LogP contribution in [0.5, 0.6) is 0 Å². The first-order valence-corrected chi connectivity index (χ1v) is 10.6. The number of hydrogen-bond donors (Lipinski definition) is 3. The monoisotopic (exact) mass is 419 g/mol. The Morgan fingerprint density at radius 3 is 2.79 bits per heavy atom. The number of anilines is 1. The van der Waals surface area contributed by atoms with E-state index < -0.39 is 0 Å². The molecule has 5 nitrogen and oxygen atoms in total. The Balaban J connectivity index is 0.00000225. The minimum atomic E-state index is -0.155. The number of carbonyl (C=O) groups is 2. The maximum atomic E-state index is 12.6. The van der Waals surface area contributed by atoms with Gasteiger partial charge in [-0.05, 0) is 85.8 Å². The molecule has 2 amide bonds. The van der Waals surface area contributed by atoms with Gasteiger partial charge in [0.15, 0.2) is 0 Å². The zero-order valence-corrected chi connectivity index (χ0v) is 17.4. The summed E-state index contributed by atoms with van der Waals surface area (Å²) in [4.78, 5) is 25.2. The van der Waals surface area contributed by atoms with E-state index in [1.165, 1.54) is 22.5 Å². The summed E-state index contributed by atoms with van der Waals surface area (Å²) in [7, 11) is 0. The minimum absolute atomic E-state index is 0. The first kappa shape index (κ1) is 20.8. The van der Waals surface area contributed by atoms with E-state index >= 15 is 0 Å². The highest BCUT2D eigenvalue weighted by Gasteiger charge is 2.19. The molecule has 1 saturated heterocycles. The van der Waals surface area contributed by atoms with E-state index in [-0.39, 0.29) is 24.2 Å². The van der Waals surface area contributed by atoms with Crippen LogP contribution >= 0.6 is 23.7 Å². The average molecular weight is 420 g/mol. The fraction of sp³-hybridized carbons (Fsp3) is 0.429. The molecule has 0 radical (unpaired) electrons. The zero-order chi connectivity index (χ0) is 18.6. The molecule has 3 N–H and O–H groups in total. The van der Waals surface area contributed by atoms with Gasteiger partial charge in [-0.25, -0.2) is 0 Å². The van der Waals surface area contributed by atoms with Crippen molar-refractivity contribution in [3.63, 3.8) is 0 Å². The van der Waals surface area contributed by atoms with Crippen LogP contribution in [0.4, 0.5) is 5.00 Å². The number of hydrogen-bond acceptors (Lipinski definition) is 4. The SMILES string of the molecule is Cl.O=C(Nc1sccc1C(=O)NCC1CCCNC1)c1ccc2c(c1)CCC2. The van der Waals surface area contributed by atoms with Gasteiger partial charge in [-0.1, -0.05) is 6.07 Å². The highest BCUT2D eigenvalue weighted by atomic mass is 35.5. The van der Waals surface area contributed by atoms with Gasteiger partial charge in [-0.2, -0.15) is 0 Å². The Hall–Kier alpha value is -1.89. The Bertz CT molecular complexity index is 846. The average Bonchev–Trinajstić information content (AvgIpc) is 3.35. The lowest BCUT2D eigenvalue weighted by Gasteiger charge is -2.22. The van der Waals surface area contributed by atoms with E-state index in [1.807, 2.05) is 17.5 Å². The van der Waals surface area contributed by atoms with Crippen molar-refractivity contribution in [3.05, 3.63) is 51.9 Å². The lowest BCUT2D eigenvalue weighted by atomic mass is 10.00. The van der Waals surface area contributed by atoms with Crippen molar-refractivity contribution < 1.29 is 9.59 Å². The van der Waals surface area contributed by atoms with Crippen molar-refractivity contribution in [1.82, 2.24) is 10.6 Å². The molecule has 4 rings (SSSR count). The van der Waals surface area contributed by atoms with Crippen molar-refractivity contribution in [2.75, 3.05) is 25.0 Å². The molecule has 150 valence electrons. The van der Waals surface area contributed by atoms with E-state index in [4.69, 9.17) is 0 Å². The maximum absolute atomic E-state index is 12.6. The molecule has 0 saturated carbocycles. The third-order valence-electron chi connectivity index (χ3n) is 5.45. The molecular formula is C21H26ClN3O2S. The third-order valence-corrected chi connectivity index (χ3v) is 6.28. The van der Waals surface area contributed by atoms with Crippen LogP contribution in [0.15, 0.2) is 29.6 Å². The van der Waals surface area contributed by atoms with Crippen LogP contribution in [0.1, 0.15) is 51.1 Å². The van der Waals surface area contributed by atoms with E-state index in [9.17, 15) is 9.59 Å². The second-order valence-electron chi connectivity index (χ2n) is 7.38. The summed E-state index contributed by atoms with van der Waals surface area (Å²) in [6.45, 7) is 2.68. The normalized spacial score (nSPS) is 18.1. The van der Waals surface area contributed by atoms with Crippen LogP contribution in [0.2, 0.25) is 0 Å². The number of thiophene rings is 1. The topological polar surface area (TPSA) is 70.2 Å². The van der Waals surface area contributed by atoms with Gasteiger partial charge in [-0.3, -0.25) is 9.59 Å². The molecule has 1 fully saturated rings. The van der Waals surface area contributed by atoms with E-state index in [2.05, 4.69) is 22.0 Å². The predicted molar refractivity (Wildman–Crippen MR) is 116 cm³/mol. The summed E-state index contributed by atoms with van der Waals surface area (Å²) in [5.41, 5.74) is 3.81. The molecule has 1 aliphatic heterocycles. The Labute approximate surface area is 175 Å². The van der Waals surface area contributed by atoms with Crippen molar-refractivity contribution >= 4 is 40.6 Å². The Kier molecular flexibility index (Phi) is 7.10. The van der Waals surface area contributed by atoms with Crippen molar-refractivity contribution in [3.8, 4) is 0 Å². The first-order chi connectivity index (χ1) is 13.2. The van der Waals surface area contributed by atoms with E-state index in [0.29, 0.717) is 28.6 Å². The number of aryl methyl sites for hydroxylation is 2. The number of halogens is 1. The number of rotatable bonds is 5. The second kappa shape index (κ2) is 9.54. The van der Waals surface area contributed by atoms with Gasteiger partial charge < -0.3 is 16.0 Å². The lowest BCUT2D eigenvalue weighted by Crippen LogP contribution is -2.38. The third kappa shape index (κ3) is 4.74. The fourth-order valence-corrected chi connectivity index (χ4v) is 4.68.